The molecule has 3 unspecified atom stereocenters. The van der Waals surface area contributed by atoms with E-state index >= 15 is 0 Å². The van der Waals surface area contributed by atoms with Gasteiger partial charge in [-0.3, -0.25) is 0 Å². The Morgan fingerprint density at radius 1 is 1.47 bits per heavy atom. The van der Waals surface area contributed by atoms with Crippen molar-refractivity contribution in [3.63, 3.8) is 0 Å². The molecular formula is C14H18Cl2O. The van der Waals surface area contributed by atoms with Gasteiger partial charge in [0.05, 0.1) is 0 Å². The fourth-order valence-corrected chi connectivity index (χ4v) is 2.98. The molecule has 1 aliphatic rings. The lowest BCUT2D eigenvalue weighted by Crippen LogP contribution is -2.55. The molecule has 0 saturated heterocycles. The van der Waals surface area contributed by atoms with Gasteiger partial charge in [-0.05, 0) is 37.1 Å². The summed E-state index contributed by atoms with van der Waals surface area (Å²) in [5, 5.41) is 0.974. The van der Waals surface area contributed by atoms with Crippen LogP contribution < -0.4 is 4.74 Å². The average molecular weight is 273 g/mol. The van der Waals surface area contributed by atoms with Gasteiger partial charge < -0.3 is 4.74 Å². The first-order valence-electron chi connectivity index (χ1n) is 6.04. The van der Waals surface area contributed by atoms with Gasteiger partial charge in [-0.15, -0.1) is 11.6 Å². The van der Waals surface area contributed by atoms with Crippen molar-refractivity contribution in [1.82, 2.24) is 0 Å². The number of benzene rings is 1. The standard InChI is InChI=1S/C14H18Cl2O/c1-4-14(3)12(16)8-13(14)17-11-6-5-10(15)7-9(11)2/h5-7,12-13H,4,8H2,1-3H3. The second-order valence-electron chi connectivity index (χ2n) is 5.08. The summed E-state index contributed by atoms with van der Waals surface area (Å²) in [6.07, 6.45) is 2.18. The lowest BCUT2D eigenvalue weighted by atomic mass is 9.65. The Hall–Kier alpha value is -0.400. The third-order valence-corrected chi connectivity index (χ3v) is 4.95. The molecule has 0 aliphatic heterocycles. The fourth-order valence-electron chi connectivity index (χ4n) is 2.30. The zero-order chi connectivity index (χ0) is 12.6. The Bertz CT molecular complexity index is 419. The molecule has 3 atom stereocenters. The predicted molar refractivity (Wildman–Crippen MR) is 73.3 cm³/mol. The summed E-state index contributed by atoms with van der Waals surface area (Å²) in [6, 6.07) is 5.73. The highest BCUT2D eigenvalue weighted by atomic mass is 35.5. The van der Waals surface area contributed by atoms with Crippen LogP contribution in [0.1, 0.15) is 32.3 Å². The fraction of sp³-hybridized carbons (Fsp3) is 0.571. The van der Waals surface area contributed by atoms with Crippen LogP contribution in [0.25, 0.3) is 0 Å². The molecule has 1 aromatic carbocycles. The molecule has 0 bridgehead atoms. The molecule has 0 radical (unpaired) electrons. The van der Waals surface area contributed by atoms with E-state index in [1.165, 1.54) is 0 Å². The highest BCUT2D eigenvalue weighted by Crippen LogP contribution is 2.49. The first-order valence-corrected chi connectivity index (χ1v) is 6.85. The van der Waals surface area contributed by atoms with Crippen molar-refractivity contribution in [2.24, 2.45) is 5.41 Å². The summed E-state index contributed by atoms with van der Waals surface area (Å²) in [5.41, 5.74) is 1.17. The molecular weight excluding hydrogens is 255 g/mol. The van der Waals surface area contributed by atoms with E-state index in [9.17, 15) is 0 Å². The number of aryl methyl sites for hydroxylation is 1. The molecule has 0 heterocycles. The van der Waals surface area contributed by atoms with Crippen molar-refractivity contribution in [3.8, 4) is 5.75 Å². The molecule has 1 saturated carbocycles. The molecule has 3 heteroatoms. The molecule has 1 fully saturated rings. The van der Waals surface area contributed by atoms with Crippen LogP contribution in [0.15, 0.2) is 18.2 Å². The van der Waals surface area contributed by atoms with E-state index in [0.717, 1.165) is 29.2 Å². The maximum atomic E-state index is 6.28. The summed E-state index contributed by atoms with van der Waals surface area (Å²) in [6.45, 7) is 6.38. The Morgan fingerprint density at radius 2 is 2.18 bits per heavy atom. The molecule has 1 nitrogen and oxygen atoms in total. The second-order valence-corrected chi connectivity index (χ2v) is 6.04. The molecule has 1 aromatic rings. The van der Waals surface area contributed by atoms with Gasteiger partial charge in [0.2, 0.25) is 0 Å². The van der Waals surface area contributed by atoms with E-state index in [0.29, 0.717) is 0 Å². The minimum Gasteiger partial charge on any atom is -0.489 e. The van der Waals surface area contributed by atoms with Crippen molar-refractivity contribution in [2.45, 2.75) is 45.1 Å². The van der Waals surface area contributed by atoms with Gasteiger partial charge in [0, 0.05) is 22.2 Å². The number of ether oxygens (including phenoxy) is 1. The summed E-state index contributed by atoms with van der Waals surface area (Å²) < 4.78 is 6.07. The van der Waals surface area contributed by atoms with E-state index in [1.807, 2.05) is 25.1 Å². The molecule has 0 aromatic heterocycles. The quantitative estimate of drug-likeness (QED) is 0.717. The summed E-state index contributed by atoms with van der Waals surface area (Å²) in [7, 11) is 0. The third kappa shape index (κ3) is 2.28. The molecule has 0 N–H and O–H groups in total. The Morgan fingerprint density at radius 3 is 2.71 bits per heavy atom. The van der Waals surface area contributed by atoms with Crippen molar-refractivity contribution in [1.29, 1.82) is 0 Å². The van der Waals surface area contributed by atoms with Gasteiger partial charge in [-0.2, -0.15) is 0 Å². The van der Waals surface area contributed by atoms with Gasteiger partial charge in [0.1, 0.15) is 11.9 Å². The van der Waals surface area contributed by atoms with E-state index in [1.54, 1.807) is 0 Å². The van der Waals surface area contributed by atoms with Crippen molar-refractivity contribution < 1.29 is 4.74 Å². The van der Waals surface area contributed by atoms with Crippen LogP contribution in [0.5, 0.6) is 5.75 Å². The third-order valence-electron chi connectivity index (χ3n) is 4.04. The van der Waals surface area contributed by atoms with Crippen LogP contribution >= 0.6 is 23.2 Å². The average Bonchev–Trinajstić information content (AvgIpc) is 2.30. The van der Waals surface area contributed by atoms with Crippen LogP contribution in [0.2, 0.25) is 5.02 Å². The largest absolute Gasteiger partial charge is 0.489 e. The predicted octanol–water partition coefficient (Wildman–Crippen LogP) is 4.82. The van der Waals surface area contributed by atoms with Gasteiger partial charge in [0.15, 0.2) is 0 Å². The summed E-state index contributed by atoms with van der Waals surface area (Å²) >= 11 is 12.2. The van der Waals surface area contributed by atoms with Gasteiger partial charge in [0.25, 0.3) is 0 Å². The minimum atomic E-state index is 0.0909. The highest BCUT2D eigenvalue weighted by molar-refractivity contribution is 6.30. The number of rotatable bonds is 3. The molecule has 94 valence electrons. The first-order chi connectivity index (χ1) is 7.97. The van der Waals surface area contributed by atoms with E-state index in [4.69, 9.17) is 27.9 Å². The van der Waals surface area contributed by atoms with Crippen LogP contribution in [0.4, 0.5) is 0 Å². The van der Waals surface area contributed by atoms with Crippen molar-refractivity contribution in [3.05, 3.63) is 28.8 Å². The van der Waals surface area contributed by atoms with E-state index < -0.39 is 0 Å². The maximum absolute atomic E-state index is 6.28. The normalized spacial score (nSPS) is 32.1. The topological polar surface area (TPSA) is 9.23 Å². The summed E-state index contributed by atoms with van der Waals surface area (Å²) in [4.78, 5) is 0. The van der Waals surface area contributed by atoms with Crippen LogP contribution in [0, 0.1) is 12.3 Å². The smallest absolute Gasteiger partial charge is 0.122 e. The lowest BCUT2D eigenvalue weighted by molar-refractivity contribution is -0.0298. The second kappa shape index (κ2) is 4.70. The molecule has 17 heavy (non-hydrogen) atoms. The van der Waals surface area contributed by atoms with Gasteiger partial charge in [-0.1, -0.05) is 25.4 Å². The maximum Gasteiger partial charge on any atom is 0.122 e. The van der Waals surface area contributed by atoms with Crippen LogP contribution in [-0.2, 0) is 0 Å². The molecule has 1 aliphatic carbocycles. The molecule has 2 rings (SSSR count). The number of hydrogen-bond donors (Lipinski definition) is 0. The first kappa shape index (κ1) is 13.0. The minimum absolute atomic E-state index is 0.0909. The Labute approximate surface area is 113 Å². The van der Waals surface area contributed by atoms with E-state index in [2.05, 4.69) is 13.8 Å². The lowest BCUT2D eigenvalue weighted by Gasteiger charge is -2.50. The Kier molecular flexibility index (Phi) is 3.61. The zero-order valence-corrected chi connectivity index (χ0v) is 12.0. The molecule has 0 spiro atoms. The van der Waals surface area contributed by atoms with Crippen LogP contribution in [-0.4, -0.2) is 11.5 Å². The number of alkyl halides is 1. The highest BCUT2D eigenvalue weighted by Gasteiger charge is 2.51. The molecule has 0 amide bonds. The number of halogens is 2. The summed E-state index contributed by atoms with van der Waals surface area (Å²) in [5.74, 6) is 0.919. The van der Waals surface area contributed by atoms with Crippen molar-refractivity contribution >= 4 is 23.2 Å². The SMILES string of the molecule is CCC1(C)C(Cl)CC1Oc1ccc(Cl)cc1C. The van der Waals surface area contributed by atoms with Crippen LogP contribution in [0.3, 0.4) is 0 Å². The van der Waals surface area contributed by atoms with E-state index in [-0.39, 0.29) is 16.9 Å². The van der Waals surface area contributed by atoms with Crippen molar-refractivity contribution in [2.75, 3.05) is 0 Å². The Balaban J connectivity index is 2.12. The van der Waals surface area contributed by atoms with Gasteiger partial charge >= 0.3 is 0 Å². The zero-order valence-electron chi connectivity index (χ0n) is 10.5. The monoisotopic (exact) mass is 272 g/mol. The number of hydrogen-bond acceptors (Lipinski definition) is 1. The van der Waals surface area contributed by atoms with Gasteiger partial charge in [-0.25, -0.2) is 0 Å².